The van der Waals surface area contributed by atoms with Crippen LogP contribution >= 0.6 is 34.8 Å². The molecular formula is C13H7Cl3N2O2S. The summed E-state index contributed by atoms with van der Waals surface area (Å²) in [5, 5.41) is 9.45. The number of nitrogens with zero attached hydrogens (tertiary/aromatic N) is 1. The van der Waals surface area contributed by atoms with Gasteiger partial charge in [0.15, 0.2) is 0 Å². The van der Waals surface area contributed by atoms with Crippen molar-refractivity contribution in [3.8, 4) is 6.07 Å². The van der Waals surface area contributed by atoms with Gasteiger partial charge in [-0.05, 0) is 30.3 Å². The van der Waals surface area contributed by atoms with Crippen LogP contribution in [0, 0.1) is 11.3 Å². The van der Waals surface area contributed by atoms with Crippen LogP contribution in [0.5, 0.6) is 0 Å². The molecule has 0 saturated carbocycles. The molecule has 0 saturated heterocycles. The van der Waals surface area contributed by atoms with Crippen molar-refractivity contribution in [1.29, 1.82) is 5.26 Å². The molecular weight excluding hydrogens is 355 g/mol. The SMILES string of the molecule is N#Cc1c(Cl)cccc1NS(=O)(=O)c1cc(Cl)ccc1Cl. The fourth-order valence-electron chi connectivity index (χ4n) is 1.61. The number of rotatable bonds is 3. The highest BCUT2D eigenvalue weighted by atomic mass is 35.5. The van der Waals surface area contributed by atoms with Gasteiger partial charge < -0.3 is 0 Å². The summed E-state index contributed by atoms with van der Waals surface area (Å²) >= 11 is 17.5. The normalized spacial score (nSPS) is 11.0. The van der Waals surface area contributed by atoms with E-state index in [4.69, 9.17) is 40.1 Å². The summed E-state index contributed by atoms with van der Waals surface area (Å²) < 4.78 is 27.0. The van der Waals surface area contributed by atoms with Crippen molar-refractivity contribution in [2.75, 3.05) is 4.72 Å². The van der Waals surface area contributed by atoms with Gasteiger partial charge in [-0.1, -0.05) is 40.9 Å². The number of hydrogen-bond acceptors (Lipinski definition) is 3. The Morgan fingerprint density at radius 3 is 2.43 bits per heavy atom. The van der Waals surface area contributed by atoms with Crippen LogP contribution in [0.4, 0.5) is 5.69 Å². The second-order valence-corrected chi connectivity index (χ2v) is 6.86. The molecule has 1 N–H and O–H groups in total. The Kier molecular flexibility index (Phi) is 4.64. The average Bonchev–Trinajstić information content (AvgIpc) is 2.41. The molecule has 0 radical (unpaired) electrons. The van der Waals surface area contributed by atoms with Gasteiger partial charge in [-0.15, -0.1) is 0 Å². The summed E-state index contributed by atoms with van der Waals surface area (Å²) in [4.78, 5) is -0.180. The summed E-state index contributed by atoms with van der Waals surface area (Å²) in [7, 11) is -3.99. The van der Waals surface area contributed by atoms with Crippen LogP contribution in [0.2, 0.25) is 15.1 Å². The summed E-state index contributed by atoms with van der Waals surface area (Å²) in [5.41, 5.74) is 0.0990. The fraction of sp³-hybridized carbons (Fsp3) is 0. The van der Waals surface area contributed by atoms with E-state index in [9.17, 15) is 8.42 Å². The van der Waals surface area contributed by atoms with Crippen LogP contribution < -0.4 is 4.72 Å². The average molecular weight is 362 g/mol. The van der Waals surface area contributed by atoms with E-state index < -0.39 is 10.0 Å². The number of hydrogen-bond donors (Lipinski definition) is 1. The van der Waals surface area contributed by atoms with E-state index in [0.29, 0.717) is 0 Å². The Morgan fingerprint density at radius 2 is 1.76 bits per heavy atom. The van der Waals surface area contributed by atoms with Crippen LogP contribution in [0.3, 0.4) is 0 Å². The van der Waals surface area contributed by atoms with Crippen molar-refractivity contribution in [3.63, 3.8) is 0 Å². The summed E-state index contributed by atoms with van der Waals surface area (Å²) in [6.45, 7) is 0. The molecule has 0 heterocycles. The third kappa shape index (κ3) is 3.42. The van der Waals surface area contributed by atoms with Gasteiger partial charge in [0.05, 0.1) is 21.3 Å². The first-order valence-corrected chi connectivity index (χ1v) is 8.13. The molecule has 0 amide bonds. The van der Waals surface area contributed by atoms with Gasteiger partial charge in [-0.25, -0.2) is 8.42 Å². The minimum absolute atomic E-state index is 0.0208. The first-order valence-electron chi connectivity index (χ1n) is 5.51. The minimum Gasteiger partial charge on any atom is -0.278 e. The number of nitriles is 1. The topological polar surface area (TPSA) is 70.0 Å². The second-order valence-electron chi connectivity index (χ2n) is 3.95. The Bertz CT molecular complexity index is 845. The monoisotopic (exact) mass is 360 g/mol. The van der Waals surface area contributed by atoms with E-state index >= 15 is 0 Å². The second kappa shape index (κ2) is 6.12. The summed E-state index contributed by atoms with van der Waals surface area (Å²) in [5.74, 6) is 0. The zero-order chi connectivity index (χ0) is 15.6. The van der Waals surface area contributed by atoms with Crippen LogP contribution in [-0.4, -0.2) is 8.42 Å². The zero-order valence-corrected chi connectivity index (χ0v) is 13.4. The van der Waals surface area contributed by atoms with Crippen molar-refractivity contribution in [2.45, 2.75) is 4.90 Å². The van der Waals surface area contributed by atoms with Crippen LogP contribution in [-0.2, 0) is 10.0 Å². The van der Waals surface area contributed by atoms with Gasteiger partial charge in [0.25, 0.3) is 10.0 Å². The number of nitrogens with one attached hydrogen (secondary N) is 1. The zero-order valence-electron chi connectivity index (χ0n) is 10.3. The van der Waals surface area contributed by atoms with Crippen LogP contribution in [0.15, 0.2) is 41.3 Å². The lowest BCUT2D eigenvalue weighted by Gasteiger charge is -2.11. The van der Waals surface area contributed by atoms with E-state index in [-0.39, 0.29) is 31.2 Å². The quantitative estimate of drug-likeness (QED) is 0.885. The smallest absolute Gasteiger partial charge is 0.263 e. The molecule has 0 aromatic heterocycles. The van der Waals surface area contributed by atoms with Crippen molar-refractivity contribution < 1.29 is 8.42 Å². The lowest BCUT2D eigenvalue weighted by Crippen LogP contribution is -2.14. The molecule has 0 fully saturated rings. The number of anilines is 1. The van der Waals surface area contributed by atoms with Crippen molar-refractivity contribution in [2.24, 2.45) is 0 Å². The Balaban J connectivity index is 2.51. The van der Waals surface area contributed by atoms with Crippen molar-refractivity contribution >= 4 is 50.5 Å². The molecule has 2 aromatic carbocycles. The maximum atomic E-state index is 12.3. The van der Waals surface area contributed by atoms with Gasteiger partial charge in [-0.3, -0.25) is 4.72 Å². The third-order valence-electron chi connectivity index (χ3n) is 2.55. The van der Waals surface area contributed by atoms with Gasteiger partial charge in [0, 0.05) is 5.02 Å². The summed E-state index contributed by atoms with van der Waals surface area (Å²) in [6.07, 6.45) is 0. The lowest BCUT2D eigenvalue weighted by molar-refractivity contribution is 0.601. The molecule has 0 aliphatic carbocycles. The molecule has 108 valence electrons. The predicted octanol–water partition coefficient (Wildman–Crippen LogP) is 4.32. The predicted molar refractivity (Wildman–Crippen MR) is 83.4 cm³/mol. The summed E-state index contributed by atoms with van der Waals surface area (Å²) in [6, 6.07) is 10.4. The molecule has 0 aliphatic heterocycles. The molecule has 0 spiro atoms. The van der Waals surface area contributed by atoms with E-state index in [1.54, 1.807) is 0 Å². The first kappa shape index (κ1) is 15.9. The Hall–Kier alpha value is -1.45. The number of halogens is 3. The molecule has 2 aromatic rings. The highest BCUT2D eigenvalue weighted by Gasteiger charge is 2.20. The van der Waals surface area contributed by atoms with Gasteiger partial charge in [-0.2, -0.15) is 5.26 Å². The largest absolute Gasteiger partial charge is 0.278 e. The highest BCUT2D eigenvalue weighted by Crippen LogP contribution is 2.29. The minimum atomic E-state index is -3.99. The van der Waals surface area contributed by atoms with Crippen molar-refractivity contribution in [1.82, 2.24) is 0 Å². The molecule has 4 nitrogen and oxygen atoms in total. The molecule has 0 aliphatic rings. The Labute approximate surface area is 136 Å². The molecule has 0 atom stereocenters. The first-order chi connectivity index (χ1) is 9.85. The Morgan fingerprint density at radius 1 is 1.05 bits per heavy atom. The molecule has 0 unspecified atom stereocenters. The molecule has 2 rings (SSSR count). The standard InChI is InChI=1S/C13H7Cl3N2O2S/c14-8-4-5-11(16)13(6-8)21(19,20)18-12-3-1-2-10(15)9(12)7-17/h1-6,18H. The third-order valence-corrected chi connectivity index (χ3v) is 4.95. The molecule has 21 heavy (non-hydrogen) atoms. The van der Waals surface area contributed by atoms with Gasteiger partial charge >= 0.3 is 0 Å². The van der Waals surface area contributed by atoms with E-state index in [1.807, 2.05) is 6.07 Å². The van der Waals surface area contributed by atoms with E-state index in [1.165, 1.54) is 36.4 Å². The number of benzene rings is 2. The highest BCUT2D eigenvalue weighted by molar-refractivity contribution is 7.92. The maximum absolute atomic E-state index is 12.3. The maximum Gasteiger partial charge on any atom is 0.263 e. The number of sulfonamides is 1. The van der Waals surface area contributed by atoms with Crippen LogP contribution in [0.1, 0.15) is 5.56 Å². The van der Waals surface area contributed by atoms with Gasteiger partial charge in [0.1, 0.15) is 11.0 Å². The van der Waals surface area contributed by atoms with Crippen LogP contribution in [0.25, 0.3) is 0 Å². The molecule has 0 bridgehead atoms. The van der Waals surface area contributed by atoms with E-state index in [0.717, 1.165) is 0 Å². The van der Waals surface area contributed by atoms with Gasteiger partial charge in [0.2, 0.25) is 0 Å². The lowest BCUT2D eigenvalue weighted by atomic mass is 10.2. The van der Waals surface area contributed by atoms with Crippen molar-refractivity contribution in [3.05, 3.63) is 57.0 Å². The van der Waals surface area contributed by atoms with E-state index in [2.05, 4.69) is 4.72 Å². The molecule has 8 heteroatoms. The fourth-order valence-corrected chi connectivity index (χ4v) is 3.66.